The standard InChI is InChI=1S/C6H13NO2.ClH/c1-4(5(2)7)6(8)9-3;/h4-5H,7H2,1-3H3;1H/t4-,5-;/m1./s1. The van der Waals surface area contributed by atoms with Crippen LogP contribution in [0.5, 0.6) is 0 Å². The minimum Gasteiger partial charge on any atom is -0.469 e. The Hall–Kier alpha value is -0.280. The molecule has 0 rings (SSSR count). The van der Waals surface area contributed by atoms with Crippen LogP contribution in [0.1, 0.15) is 13.8 Å². The molecule has 0 aromatic carbocycles. The average Bonchev–Trinajstić information content (AvgIpc) is 1.84. The molecule has 2 N–H and O–H groups in total. The van der Waals surface area contributed by atoms with Gasteiger partial charge in [0.15, 0.2) is 0 Å². The van der Waals surface area contributed by atoms with Gasteiger partial charge in [-0.25, -0.2) is 0 Å². The molecule has 2 atom stereocenters. The van der Waals surface area contributed by atoms with Crippen molar-refractivity contribution in [2.75, 3.05) is 7.11 Å². The molecule has 0 saturated carbocycles. The van der Waals surface area contributed by atoms with Crippen molar-refractivity contribution in [1.82, 2.24) is 0 Å². The monoisotopic (exact) mass is 167 g/mol. The second kappa shape index (κ2) is 5.50. The van der Waals surface area contributed by atoms with E-state index in [0.29, 0.717) is 0 Å². The van der Waals surface area contributed by atoms with E-state index in [1.54, 1.807) is 13.8 Å². The Labute approximate surface area is 67.3 Å². The van der Waals surface area contributed by atoms with E-state index in [2.05, 4.69) is 4.74 Å². The van der Waals surface area contributed by atoms with Crippen LogP contribution in [0, 0.1) is 5.92 Å². The van der Waals surface area contributed by atoms with Crippen molar-refractivity contribution in [3.8, 4) is 0 Å². The summed E-state index contributed by atoms with van der Waals surface area (Å²) in [5, 5.41) is 0. The van der Waals surface area contributed by atoms with Crippen molar-refractivity contribution in [3.05, 3.63) is 0 Å². The van der Waals surface area contributed by atoms with Crippen LogP contribution < -0.4 is 5.73 Å². The molecule has 0 unspecified atom stereocenters. The molecule has 0 aromatic rings. The molecule has 4 heteroatoms. The van der Waals surface area contributed by atoms with E-state index >= 15 is 0 Å². The highest BCUT2D eigenvalue weighted by Gasteiger charge is 2.16. The molecule has 0 bridgehead atoms. The van der Waals surface area contributed by atoms with E-state index in [0.717, 1.165) is 0 Å². The Morgan fingerprint density at radius 2 is 1.90 bits per heavy atom. The number of esters is 1. The lowest BCUT2D eigenvalue weighted by atomic mass is 10.1. The van der Waals surface area contributed by atoms with E-state index in [-0.39, 0.29) is 30.3 Å². The topological polar surface area (TPSA) is 52.3 Å². The zero-order valence-electron chi connectivity index (χ0n) is 6.46. The van der Waals surface area contributed by atoms with E-state index in [1.807, 2.05) is 0 Å². The maximum absolute atomic E-state index is 10.7. The first-order valence-corrected chi connectivity index (χ1v) is 2.93. The highest BCUT2D eigenvalue weighted by molar-refractivity contribution is 5.85. The normalized spacial score (nSPS) is 14.8. The Morgan fingerprint density at radius 1 is 1.50 bits per heavy atom. The van der Waals surface area contributed by atoms with Crippen LogP contribution in [-0.2, 0) is 9.53 Å². The Kier molecular flexibility index (Phi) is 6.82. The summed E-state index contributed by atoms with van der Waals surface area (Å²) in [4.78, 5) is 10.7. The number of carbonyl (C=O) groups excluding carboxylic acids is 1. The number of ether oxygens (including phenoxy) is 1. The van der Waals surface area contributed by atoms with Crippen molar-refractivity contribution in [2.45, 2.75) is 19.9 Å². The highest BCUT2D eigenvalue weighted by Crippen LogP contribution is 2.00. The van der Waals surface area contributed by atoms with Gasteiger partial charge in [-0.2, -0.15) is 0 Å². The first kappa shape index (κ1) is 12.4. The molecule has 3 nitrogen and oxygen atoms in total. The zero-order chi connectivity index (χ0) is 7.44. The predicted molar refractivity (Wildman–Crippen MR) is 42.1 cm³/mol. The molecule has 10 heavy (non-hydrogen) atoms. The minimum atomic E-state index is -0.245. The summed E-state index contributed by atoms with van der Waals surface area (Å²) < 4.78 is 4.45. The van der Waals surface area contributed by atoms with Gasteiger partial charge in [0.1, 0.15) is 0 Å². The fourth-order valence-corrected chi connectivity index (χ4v) is 0.401. The first-order chi connectivity index (χ1) is 4.09. The quantitative estimate of drug-likeness (QED) is 0.612. The van der Waals surface area contributed by atoms with Gasteiger partial charge in [-0.15, -0.1) is 12.4 Å². The molecule has 0 aromatic heterocycles. The highest BCUT2D eigenvalue weighted by atomic mass is 35.5. The van der Waals surface area contributed by atoms with Gasteiger partial charge in [0.25, 0.3) is 0 Å². The molecule has 0 fully saturated rings. The molecular formula is C6H14ClNO2. The maximum atomic E-state index is 10.7. The van der Waals surface area contributed by atoms with E-state index in [4.69, 9.17) is 5.73 Å². The van der Waals surface area contributed by atoms with Crippen LogP contribution in [0.15, 0.2) is 0 Å². The van der Waals surface area contributed by atoms with Gasteiger partial charge in [0.2, 0.25) is 0 Å². The summed E-state index contributed by atoms with van der Waals surface area (Å²) in [7, 11) is 1.36. The van der Waals surface area contributed by atoms with E-state index in [9.17, 15) is 4.79 Å². The maximum Gasteiger partial charge on any atom is 0.309 e. The molecule has 0 saturated heterocycles. The number of halogens is 1. The van der Waals surface area contributed by atoms with Crippen molar-refractivity contribution in [2.24, 2.45) is 11.7 Å². The second-order valence-electron chi connectivity index (χ2n) is 2.17. The smallest absolute Gasteiger partial charge is 0.309 e. The third kappa shape index (κ3) is 3.69. The lowest BCUT2D eigenvalue weighted by molar-refractivity contribution is -0.145. The van der Waals surface area contributed by atoms with Crippen LogP contribution in [-0.4, -0.2) is 19.1 Å². The Morgan fingerprint density at radius 3 is 2.00 bits per heavy atom. The summed E-state index contributed by atoms with van der Waals surface area (Å²) in [5.74, 6) is -0.444. The Bertz CT molecular complexity index is 106. The number of hydrogen-bond donors (Lipinski definition) is 1. The molecule has 0 amide bonds. The SMILES string of the molecule is COC(=O)[C@H](C)[C@@H](C)N.Cl. The van der Waals surface area contributed by atoms with Crippen LogP contribution in [0.2, 0.25) is 0 Å². The van der Waals surface area contributed by atoms with Gasteiger partial charge < -0.3 is 10.5 Å². The summed E-state index contributed by atoms with van der Waals surface area (Å²) in [6.45, 7) is 3.53. The molecule has 62 valence electrons. The van der Waals surface area contributed by atoms with Crippen molar-refractivity contribution < 1.29 is 9.53 Å². The summed E-state index contributed by atoms with van der Waals surface area (Å²) >= 11 is 0. The third-order valence-electron chi connectivity index (χ3n) is 1.36. The molecule has 0 aliphatic carbocycles. The average molecular weight is 168 g/mol. The molecule has 0 heterocycles. The number of rotatable bonds is 2. The summed E-state index contributed by atoms with van der Waals surface area (Å²) in [6.07, 6.45) is 0. The lowest BCUT2D eigenvalue weighted by Gasteiger charge is -2.11. The van der Waals surface area contributed by atoms with Crippen LogP contribution in [0.25, 0.3) is 0 Å². The van der Waals surface area contributed by atoms with Gasteiger partial charge in [-0.3, -0.25) is 4.79 Å². The molecule has 0 radical (unpaired) electrons. The number of hydrogen-bond acceptors (Lipinski definition) is 3. The Balaban J connectivity index is 0. The van der Waals surface area contributed by atoms with Gasteiger partial charge in [0.05, 0.1) is 13.0 Å². The molecule has 0 spiro atoms. The molecular weight excluding hydrogens is 154 g/mol. The summed E-state index contributed by atoms with van der Waals surface area (Å²) in [6, 6.07) is -0.127. The predicted octanol–water partition coefficient (Wildman–Crippen LogP) is 0.564. The van der Waals surface area contributed by atoms with Gasteiger partial charge >= 0.3 is 5.97 Å². The third-order valence-corrected chi connectivity index (χ3v) is 1.36. The van der Waals surface area contributed by atoms with E-state index < -0.39 is 0 Å². The van der Waals surface area contributed by atoms with Gasteiger partial charge in [-0.1, -0.05) is 6.92 Å². The van der Waals surface area contributed by atoms with Gasteiger partial charge in [0, 0.05) is 6.04 Å². The van der Waals surface area contributed by atoms with E-state index in [1.165, 1.54) is 7.11 Å². The minimum absolute atomic E-state index is 0. The van der Waals surface area contributed by atoms with Crippen LogP contribution in [0.3, 0.4) is 0 Å². The van der Waals surface area contributed by atoms with Crippen LogP contribution >= 0.6 is 12.4 Å². The summed E-state index contributed by atoms with van der Waals surface area (Å²) in [5.41, 5.74) is 5.41. The fourth-order valence-electron chi connectivity index (χ4n) is 0.401. The molecule has 0 aliphatic heterocycles. The molecule has 0 aliphatic rings. The number of carbonyl (C=O) groups is 1. The number of methoxy groups -OCH3 is 1. The first-order valence-electron chi connectivity index (χ1n) is 2.93. The van der Waals surface area contributed by atoms with Crippen molar-refractivity contribution in [3.63, 3.8) is 0 Å². The van der Waals surface area contributed by atoms with Crippen molar-refractivity contribution in [1.29, 1.82) is 0 Å². The fraction of sp³-hybridized carbons (Fsp3) is 0.833. The van der Waals surface area contributed by atoms with Crippen LogP contribution in [0.4, 0.5) is 0 Å². The second-order valence-corrected chi connectivity index (χ2v) is 2.17. The zero-order valence-corrected chi connectivity index (χ0v) is 7.27. The largest absolute Gasteiger partial charge is 0.469 e. The number of nitrogens with two attached hydrogens (primary N) is 1. The van der Waals surface area contributed by atoms with Crippen molar-refractivity contribution >= 4 is 18.4 Å². The van der Waals surface area contributed by atoms with Gasteiger partial charge in [-0.05, 0) is 6.92 Å². The lowest BCUT2D eigenvalue weighted by Crippen LogP contribution is -2.31.